The summed E-state index contributed by atoms with van der Waals surface area (Å²) in [5, 5.41) is 6.40. The van der Waals surface area contributed by atoms with Crippen molar-refractivity contribution in [3.8, 4) is 21.1 Å². The lowest BCUT2D eigenvalue weighted by atomic mass is 10.4. The van der Waals surface area contributed by atoms with Gasteiger partial charge in [-0.15, -0.1) is 22.7 Å². The zero-order valence-corrected chi connectivity index (χ0v) is 17.5. The van der Waals surface area contributed by atoms with Gasteiger partial charge in [-0.05, 0) is 58.9 Å². The van der Waals surface area contributed by atoms with Crippen LogP contribution in [0.5, 0.6) is 0 Å². The van der Waals surface area contributed by atoms with Gasteiger partial charge < -0.3 is 0 Å². The number of hydrogen-bond acceptors (Lipinski definition) is 5. The molecule has 0 bridgehead atoms. The topological polar surface area (TPSA) is 34.6 Å². The van der Waals surface area contributed by atoms with Crippen molar-refractivity contribution in [1.82, 2.24) is 18.8 Å². The molecule has 0 unspecified atom stereocenters. The van der Waals surface area contributed by atoms with E-state index in [1.165, 1.54) is 9.75 Å². The van der Waals surface area contributed by atoms with Crippen LogP contribution in [0.4, 0.5) is 0 Å². The Morgan fingerprint density at radius 2 is 1.14 bits per heavy atom. The number of rotatable bonds is 4. The molecule has 6 aromatic rings. The van der Waals surface area contributed by atoms with Crippen molar-refractivity contribution in [2.24, 2.45) is 0 Å². The summed E-state index contributed by atoms with van der Waals surface area (Å²) in [6.07, 6.45) is 4.16. The highest BCUT2D eigenvalue weighted by Crippen LogP contribution is 2.42. The van der Waals surface area contributed by atoms with Gasteiger partial charge in [-0.2, -0.15) is 0 Å². The fourth-order valence-electron chi connectivity index (χ4n) is 3.38. The Morgan fingerprint density at radius 1 is 0.621 bits per heavy atom. The molecule has 0 aliphatic heterocycles. The van der Waals surface area contributed by atoms with Crippen molar-refractivity contribution in [1.29, 1.82) is 0 Å². The number of fused-ring (bicyclic) bond motifs is 2. The Morgan fingerprint density at radius 3 is 1.59 bits per heavy atom. The third-order valence-corrected chi connectivity index (χ3v) is 7.59. The van der Waals surface area contributed by atoms with Gasteiger partial charge in [0, 0.05) is 12.4 Å². The van der Waals surface area contributed by atoms with Crippen LogP contribution in [0.25, 0.3) is 32.4 Å². The van der Waals surface area contributed by atoms with Crippen molar-refractivity contribution in [2.45, 2.75) is 10.1 Å². The molecule has 0 aliphatic rings. The summed E-state index contributed by atoms with van der Waals surface area (Å²) in [5.41, 5.74) is 3.92. The van der Waals surface area contributed by atoms with E-state index < -0.39 is 0 Å². The van der Waals surface area contributed by atoms with Gasteiger partial charge in [-0.25, -0.2) is 9.97 Å². The molecule has 29 heavy (non-hydrogen) atoms. The maximum Gasteiger partial charge on any atom is 0.138 e. The molecule has 4 nitrogen and oxygen atoms in total. The number of thiophene rings is 2. The third kappa shape index (κ3) is 2.81. The predicted octanol–water partition coefficient (Wildman–Crippen LogP) is 6.59. The molecule has 0 aromatic carbocycles. The van der Waals surface area contributed by atoms with Gasteiger partial charge >= 0.3 is 0 Å². The summed E-state index contributed by atoms with van der Waals surface area (Å²) < 4.78 is 4.33. The van der Waals surface area contributed by atoms with Crippen LogP contribution in [0.15, 0.2) is 93.9 Å². The molecule has 0 aliphatic carbocycles. The van der Waals surface area contributed by atoms with E-state index in [1.54, 1.807) is 34.4 Å². The number of aromatic nitrogens is 4. The van der Waals surface area contributed by atoms with Gasteiger partial charge in [0.2, 0.25) is 0 Å². The summed E-state index contributed by atoms with van der Waals surface area (Å²) in [6, 6.07) is 20.7. The monoisotopic (exact) mass is 430 g/mol. The van der Waals surface area contributed by atoms with Crippen LogP contribution in [-0.2, 0) is 0 Å². The molecule has 0 N–H and O–H groups in total. The Hall–Kier alpha value is -2.87. The summed E-state index contributed by atoms with van der Waals surface area (Å²) in [5.74, 6) is 0. The van der Waals surface area contributed by atoms with Crippen molar-refractivity contribution < 1.29 is 0 Å². The average molecular weight is 431 g/mol. The summed E-state index contributed by atoms with van der Waals surface area (Å²) >= 11 is 5.15. The molecule has 6 heterocycles. The third-order valence-electron chi connectivity index (χ3n) is 4.67. The average Bonchev–Trinajstić information content (AvgIpc) is 3.55. The number of pyridine rings is 2. The zero-order valence-electron chi connectivity index (χ0n) is 15.1. The molecule has 140 valence electrons. The van der Waals surface area contributed by atoms with Gasteiger partial charge in [0.1, 0.15) is 32.7 Å². The minimum absolute atomic E-state index is 0.949. The molecule has 7 heteroatoms. The van der Waals surface area contributed by atoms with E-state index in [-0.39, 0.29) is 0 Å². The Kier molecular flexibility index (Phi) is 4.04. The number of imidazole rings is 2. The first-order valence-electron chi connectivity index (χ1n) is 9.08. The first kappa shape index (κ1) is 17.0. The van der Waals surface area contributed by atoms with E-state index in [1.807, 2.05) is 24.3 Å². The fraction of sp³-hybridized carbons (Fsp3) is 0. The number of hydrogen-bond donors (Lipinski definition) is 0. The standard InChI is InChI=1S/C22H14N4S3/c1-3-11-25-17(9-1)23-19(15-7-5-13-27-15)21(25)29-22-20(16-8-6-14-28-16)24-18-10-2-4-12-26(18)22/h1-14H. The van der Waals surface area contributed by atoms with Crippen LogP contribution in [0.1, 0.15) is 0 Å². The van der Waals surface area contributed by atoms with E-state index in [0.717, 1.165) is 32.7 Å². The number of nitrogens with zero attached hydrogens (tertiary/aromatic N) is 4. The molecule has 0 amide bonds. The molecule has 0 radical (unpaired) electrons. The molecule has 0 saturated carbocycles. The second-order valence-corrected chi connectivity index (χ2v) is 9.32. The van der Waals surface area contributed by atoms with Crippen LogP contribution in [0.3, 0.4) is 0 Å². The lowest BCUT2D eigenvalue weighted by Crippen LogP contribution is -1.90. The van der Waals surface area contributed by atoms with Gasteiger partial charge in [0.15, 0.2) is 0 Å². The Bertz CT molecular complexity index is 1320. The Balaban J connectivity index is 1.61. The molecule has 0 atom stereocenters. The largest absolute Gasteiger partial charge is 0.294 e. The highest BCUT2D eigenvalue weighted by molar-refractivity contribution is 7.99. The van der Waals surface area contributed by atoms with Crippen LogP contribution in [0, 0.1) is 0 Å². The minimum atomic E-state index is 0.949. The molecule has 6 rings (SSSR count). The van der Waals surface area contributed by atoms with Crippen LogP contribution < -0.4 is 0 Å². The maximum atomic E-state index is 4.93. The van der Waals surface area contributed by atoms with Gasteiger partial charge in [-0.1, -0.05) is 24.3 Å². The van der Waals surface area contributed by atoms with E-state index in [0.29, 0.717) is 0 Å². The maximum absolute atomic E-state index is 4.93. The van der Waals surface area contributed by atoms with Crippen molar-refractivity contribution >= 4 is 45.7 Å². The lowest BCUT2D eigenvalue weighted by molar-refractivity contribution is 1.02. The fourth-order valence-corrected chi connectivity index (χ4v) is 6.13. The van der Waals surface area contributed by atoms with Crippen molar-refractivity contribution in [2.75, 3.05) is 0 Å². The molecular weight excluding hydrogens is 416 g/mol. The van der Waals surface area contributed by atoms with Gasteiger partial charge in [-0.3, -0.25) is 8.80 Å². The van der Waals surface area contributed by atoms with E-state index >= 15 is 0 Å². The van der Waals surface area contributed by atoms with Crippen LogP contribution in [-0.4, -0.2) is 18.8 Å². The first-order chi connectivity index (χ1) is 14.4. The minimum Gasteiger partial charge on any atom is -0.294 e. The summed E-state index contributed by atoms with van der Waals surface area (Å²) in [6.45, 7) is 0. The van der Waals surface area contributed by atoms with Crippen LogP contribution in [0.2, 0.25) is 0 Å². The predicted molar refractivity (Wildman–Crippen MR) is 121 cm³/mol. The van der Waals surface area contributed by atoms with E-state index in [4.69, 9.17) is 9.97 Å². The summed E-state index contributed by atoms with van der Waals surface area (Å²) in [7, 11) is 0. The molecule has 0 saturated heterocycles. The van der Waals surface area contributed by atoms with E-state index in [2.05, 4.69) is 68.4 Å². The second-order valence-electron chi connectivity index (χ2n) is 6.45. The van der Waals surface area contributed by atoms with Gasteiger partial charge in [0.25, 0.3) is 0 Å². The first-order valence-corrected chi connectivity index (χ1v) is 11.7. The SMILES string of the molecule is c1csc(-c2nc3ccccn3c2Sc2c(-c3cccs3)nc3ccccn23)c1. The van der Waals surface area contributed by atoms with E-state index in [9.17, 15) is 0 Å². The quantitative estimate of drug-likeness (QED) is 0.316. The Labute approximate surface area is 179 Å². The second kappa shape index (κ2) is 6.88. The van der Waals surface area contributed by atoms with Crippen LogP contribution >= 0.6 is 34.4 Å². The lowest BCUT2D eigenvalue weighted by Gasteiger charge is -2.06. The zero-order chi connectivity index (χ0) is 19.2. The highest BCUT2D eigenvalue weighted by Gasteiger charge is 2.21. The molecular formula is C22H14N4S3. The van der Waals surface area contributed by atoms with Crippen molar-refractivity contribution in [3.63, 3.8) is 0 Å². The smallest absolute Gasteiger partial charge is 0.138 e. The highest BCUT2D eigenvalue weighted by atomic mass is 32.2. The molecule has 6 aromatic heterocycles. The molecule has 0 spiro atoms. The normalized spacial score (nSPS) is 11.6. The molecule has 0 fully saturated rings. The summed E-state index contributed by atoms with van der Waals surface area (Å²) in [4.78, 5) is 12.2. The van der Waals surface area contributed by atoms with Gasteiger partial charge in [0.05, 0.1) is 9.75 Å². The van der Waals surface area contributed by atoms with Crippen molar-refractivity contribution in [3.05, 3.63) is 83.8 Å².